The maximum absolute atomic E-state index is 9.17. The van der Waals surface area contributed by atoms with Crippen molar-refractivity contribution in [2.45, 2.75) is 51.7 Å². The second-order valence-corrected chi connectivity index (χ2v) is 3.93. The van der Waals surface area contributed by atoms with E-state index < -0.39 is 0 Å². The summed E-state index contributed by atoms with van der Waals surface area (Å²) in [5.74, 6) is 0.756. The largest absolute Gasteiger partial charge is 0.391 e. The van der Waals surface area contributed by atoms with Crippen molar-refractivity contribution in [1.82, 2.24) is 0 Å². The summed E-state index contributed by atoms with van der Waals surface area (Å²) in [7, 11) is 0. The maximum Gasteiger partial charge on any atom is 0.0803 e. The van der Waals surface area contributed by atoms with Gasteiger partial charge in [-0.2, -0.15) is 0 Å². The van der Waals surface area contributed by atoms with Gasteiger partial charge in [-0.3, -0.25) is 0 Å². The average molecular weight is 172 g/mol. The molecule has 2 heteroatoms. The molecule has 0 aliphatic heterocycles. The molecular formula is C10H20O2. The molecule has 0 amide bonds. The first-order chi connectivity index (χ1) is 5.70. The van der Waals surface area contributed by atoms with Crippen molar-refractivity contribution in [2.24, 2.45) is 5.92 Å². The average Bonchev–Trinajstić information content (AvgIpc) is 2.51. The molecule has 0 saturated heterocycles. The normalized spacial score (nSPS) is 24.2. The highest BCUT2D eigenvalue weighted by molar-refractivity contribution is 4.67. The number of aliphatic hydroxyl groups is 1. The van der Waals surface area contributed by atoms with Gasteiger partial charge in [0.05, 0.1) is 12.2 Å². The van der Waals surface area contributed by atoms with Gasteiger partial charge < -0.3 is 9.84 Å². The summed E-state index contributed by atoms with van der Waals surface area (Å²) < 4.78 is 5.54. The molecule has 0 radical (unpaired) electrons. The SMILES string of the molecule is CC(OCC1CCCC1)[C@@H](C)O. The van der Waals surface area contributed by atoms with Gasteiger partial charge in [-0.05, 0) is 32.6 Å². The summed E-state index contributed by atoms with van der Waals surface area (Å²) in [6.45, 7) is 4.55. The minimum absolute atomic E-state index is 0.00870. The standard InChI is InChI=1S/C10H20O2/c1-8(11)9(2)12-7-10-5-3-4-6-10/h8-11H,3-7H2,1-2H3/t8-,9?/m1/s1. The molecule has 0 aromatic carbocycles. The van der Waals surface area contributed by atoms with Crippen LogP contribution in [0.1, 0.15) is 39.5 Å². The molecule has 2 atom stereocenters. The zero-order chi connectivity index (χ0) is 8.97. The van der Waals surface area contributed by atoms with Crippen LogP contribution in [0.15, 0.2) is 0 Å². The lowest BCUT2D eigenvalue weighted by atomic mass is 10.1. The Morgan fingerprint density at radius 1 is 1.33 bits per heavy atom. The minimum atomic E-state index is -0.341. The smallest absolute Gasteiger partial charge is 0.0803 e. The quantitative estimate of drug-likeness (QED) is 0.702. The molecule has 0 spiro atoms. The van der Waals surface area contributed by atoms with Crippen molar-refractivity contribution in [1.29, 1.82) is 0 Å². The molecule has 0 aromatic heterocycles. The van der Waals surface area contributed by atoms with Crippen molar-refractivity contribution in [3.8, 4) is 0 Å². The molecule has 1 rings (SSSR count). The first kappa shape index (κ1) is 10.0. The van der Waals surface area contributed by atoms with Crippen LogP contribution in [0.4, 0.5) is 0 Å². The summed E-state index contributed by atoms with van der Waals surface area (Å²) in [6, 6.07) is 0. The molecule has 0 heterocycles. The van der Waals surface area contributed by atoms with Crippen LogP contribution >= 0.6 is 0 Å². The summed E-state index contributed by atoms with van der Waals surface area (Å²) in [4.78, 5) is 0. The fraction of sp³-hybridized carbons (Fsp3) is 1.00. The monoisotopic (exact) mass is 172 g/mol. The van der Waals surface area contributed by atoms with Gasteiger partial charge in [-0.15, -0.1) is 0 Å². The van der Waals surface area contributed by atoms with Crippen molar-refractivity contribution in [2.75, 3.05) is 6.61 Å². The molecule has 0 bridgehead atoms. The molecule has 1 N–H and O–H groups in total. The van der Waals surface area contributed by atoms with Crippen molar-refractivity contribution < 1.29 is 9.84 Å². The van der Waals surface area contributed by atoms with Crippen LogP contribution in [0, 0.1) is 5.92 Å². The topological polar surface area (TPSA) is 29.5 Å². The van der Waals surface area contributed by atoms with Crippen LogP contribution in [0.2, 0.25) is 0 Å². The van der Waals surface area contributed by atoms with E-state index >= 15 is 0 Å². The van der Waals surface area contributed by atoms with E-state index in [-0.39, 0.29) is 12.2 Å². The van der Waals surface area contributed by atoms with E-state index in [2.05, 4.69) is 0 Å². The summed E-state index contributed by atoms with van der Waals surface area (Å²) in [6.07, 6.45) is 4.99. The lowest BCUT2D eigenvalue weighted by Gasteiger charge is -2.18. The Bertz CT molecular complexity index is 115. The van der Waals surface area contributed by atoms with Gasteiger partial charge in [0.1, 0.15) is 0 Å². The zero-order valence-electron chi connectivity index (χ0n) is 8.12. The zero-order valence-corrected chi connectivity index (χ0v) is 8.12. The first-order valence-electron chi connectivity index (χ1n) is 5.00. The van der Waals surface area contributed by atoms with Gasteiger partial charge >= 0.3 is 0 Å². The van der Waals surface area contributed by atoms with Gasteiger partial charge in [-0.25, -0.2) is 0 Å². The third-order valence-corrected chi connectivity index (χ3v) is 2.75. The molecule has 1 fully saturated rings. The fourth-order valence-electron chi connectivity index (χ4n) is 1.60. The Morgan fingerprint density at radius 3 is 2.42 bits per heavy atom. The second kappa shape index (κ2) is 4.83. The molecule has 1 aliphatic rings. The predicted molar refractivity (Wildman–Crippen MR) is 49.1 cm³/mol. The van der Waals surface area contributed by atoms with Crippen molar-refractivity contribution in [3.63, 3.8) is 0 Å². The maximum atomic E-state index is 9.17. The van der Waals surface area contributed by atoms with Crippen LogP contribution in [0.5, 0.6) is 0 Å². The van der Waals surface area contributed by atoms with Crippen LogP contribution in [-0.4, -0.2) is 23.9 Å². The Balaban J connectivity index is 2.07. The molecule has 1 saturated carbocycles. The highest BCUT2D eigenvalue weighted by Crippen LogP contribution is 2.25. The Hall–Kier alpha value is -0.0800. The molecule has 0 aromatic rings. The van der Waals surface area contributed by atoms with E-state index in [4.69, 9.17) is 9.84 Å². The Labute approximate surface area is 74.9 Å². The molecular weight excluding hydrogens is 152 g/mol. The van der Waals surface area contributed by atoms with Crippen molar-refractivity contribution >= 4 is 0 Å². The van der Waals surface area contributed by atoms with Gasteiger partial charge in [0.25, 0.3) is 0 Å². The predicted octanol–water partition coefficient (Wildman–Crippen LogP) is 1.96. The first-order valence-corrected chi connectivity index (χ1v) is 5.00. The number of hydrogen-bond acceptors (Lipinski definition) is 2. The van der Waals surface area contributed by atoms with E-state index in [1.807, 2.05) is 6.92 Å². The summed E-state index contributed by atoms with van der Waals surface area (Å²) >= 11 is 0. The van der Waals surface area contributed by atoms with Crippen LogP contribution in [0.3, 0.4) is 0 Å². The highest BCUT2D eigenvalue weighted by Gasteiger charge is 2.17. The van der Waals surface area contributed by atoms with Crippen LogP contribution in [-0.2, 0) is 4.74 Å². The molecule has 1 aliphatic carbocycles. The van der Waals surface area contributed by atoms with Gasteiger partial charge in [0.2, 0.25) is 0 Å². The fourth-order valence-corrected chi connectivity index (χ4v) is 1.60. The third kappa shape index (κ3) is 3.11. The number of ether oxygens (including phenoxy) is 1. The number of rotatable bonds is 4. The van der Waals surface area contributed by atoms with Gasteiger partial charge in [-0.1, -0.05) is 12.8 Å². The van der Waals surface area contributed by atoms with E-state index in [9.17, 15) is 0 Å². The lowest BCUT2D eigenvalue weighted by molar-refractivity contribution is -0.0309. The van der Waals surface area contributed by atoms with E-state index in [0.717, 1.165) is 12.5 Å². The highest BCUT2D eigenvalue weighted by atomic mass is 16.5. The van der Waals surface area contributed by atoms with Crippen LogP contribution < -0.4 is 0 Å². The van der Waals surface area contributed by atoms with E-state index in [1.54, 1.807) is 6.92 Å². The van der Waals surface area contributed by atoms with Gasteiger partial charge in [0, 0.05) is 6.61 Å². The molecule has 72 valence electrons. The molecule has 12 heavy (non-hydrogen) atoms. The van der Waals surface area contributed by atoms with Crippen LogP contribution in [0.25, 0.3) is 0 Å². The molecule has 1 unspecified atom stereocenters. The van der Waals surface area contributed by atoms with E-state index in [0.29, 0.717) is 0 Å². The summed E-state index contributed by atoms with van der Waals surface area (Å²) in [5, 5.41) is 9.17. The number of hydrogen-bond donors (Lipinski definition) is 1. The van der Waals surface area contributed by atoms with Gasteiger partial charge in [0.15, 0.2) is 0 Å². The van der Waals surface area contributed by atoms with E-state index in [1.165, 1.54) is 25.7 Å². The Morgan fingerprint density at radius 2 is 1.92 bits per heavy atom. The Kier molecular flexibility index (Phi) is 4.02. The summed E-state index contributed by atoms with van der Waals surface area (Å²) in [5.41, 5.74) is 0. The molecule has 2 nitrogen and oxygen atoms in total. The second-order valence-electron chi connectivity index (χ2n) is 3.93. The minimum Gasteiger partial charge on any atom is -0.391 e. The van der Waals surface area contributed by atoms with Crippen molar-refractivity contribution in [3.05, 3.63) is 0 Å². The number of aliphatic hydroxyl groups excluding tert-OH is 1. The third-order valence-electron chi connectivity index (χ3n) is 2.75. The lowest BCUT2D eigenvalue weighted by Crippen LogP contribution is -2.24.